The Balaban J connectivity index is 1.51. The molecule has 0 saturated heterocycles. The summed E-state index contributed by atoms with van der Waals surface area (Å²) in [6.07, 6.45) is 1.90. The van der Waals surface area contributed by atoms with E-state index in [0.717, 1.165) is 38.2 Å². The van der Waals surface area contributed by atoms with E-state index in [9.17, 15) is 14.0 Å². The Kier molecular flexibility index (Phi) is 8.64. The second kappa shape index (κ2) is 13.2. The molecule has 4 aromatic carbocycles. The lowest BCUT2D eigenvalue weighted by Crippen LogP contribution is -2.39. The molecular weight excluding hydrogens is 689 g/mol. The summed E-state index contributed by atoms with van der Waals surface area (Å²) in [6, 6.07) is 35.5. The van der Waals surface area contributed by atoms with Gasteiger partial charge in [-0.05, 0) is 79.1 Å². The molecule has 9 heteroatoms. The Hall–Kier alpha value is -5.12. The predicted molar refractivity (Wildman–Crippen MR) is 191 cm³/mol. The number of thiazole rings is 1. The van der Waals surface area contributed by atoms with Gasteiger partial charge in [0.05, 0.1) is 39.8 Å². The highest BCUT2D eigenvalue weighted by molar-refractivity contribution is 9.10. The number of fused-ring (bicyclic) bond motifs is 1. The number of halogens is 2. The van der Waals surface area contributed by atoms with E-state index in [-0.39, 0.29) is 17.7 Å². The summed E-state index contributed by atoms with van der Waals surface area (Å²) < 4.78 is 24.6. The Morgan fingerprint density at radius 1 is 0.938 bits per heavy atom. The molecule has 0 aliphatic carbocycles. The highest BCUT2D eigenvalue weighted by Crippen LogP contribution is 2.37. The SMILES string of the molecule is CCOC(=O)C1=C(C)N=c2s/c(=C\c3cc(-c4ccccc4)n(-c4ccc(Br)cc4)c3-c3ccccc3)c(=O)n2[C@@H]1c1ccc(F)cc1. The molecule has 238 valence electrons. The van der Waals surface area contributed by atoms with E-state index in [4.69, 9.17) is 9.73 Å². The van der Waals surface area contributed by atoms with Crippen LogP contribution in [0.1, 0.15) is 31.0 Å². The van der Waals surface area contributed by atoms with Gasteiger partial charge in [-0.3, -0.25) is 9.36 Å². The number of ether oxygens (including phenoxy) is 1. The van der Waals surface area contributed by atoms with E-state index in [0.29, 0.717) is 20.6 Å². The monoisotopic (exact) mass is 717 g/mol. The fourth-order valence-electron chi connectivity index (χ4n) is 6.10. The van der Waals surface area contributed by atoms with Crippen molar-refractivity contribution in [3.8, 4) is 28.2 Å². The summed E-state index contributed by atoms with van der Waals surface area (Å²) in [6.45, 7) is 3.62. The Morgan fingerprint density at radius 3 is 2.23 bits per heavy atom. The highest BCUT2D eigenvalue weighted by atomic mass is 79.9. The Bertz CT molecular complexity index is 2360. The summed E-state index contributed by atoms with van der Waals surface area (Å²) in [4.78, 5) is 32.9. The van der Waals surface area contributed by atoms with E-state index in [1.165, 1.54) is 28.0 Å². The van der Waals surface area contributed by atoms with Gasteiger partial charge in [0.1, 0.15) is 5.82 Å². The topological polar surface area (TPSA) is 65.6 Å². The molecule has 48 heavy (non-hydrogen) atoms. The second-order valence-corrected chi connectivity index (χ2v) is 13.2. The average molecular weight is 719 g/mol. The number of benzene rings is 4. The van der Waals surface area contributed by atoms with Crippen LogP contribution in [0.5, 0.6) is 0 Å². The van der Waals surface area contributed by atoms with Gasteiger partial charge in [-0.15, -0.1) is 0 Å². The first-order valence-corrected chi connectivity index (χ1v) is 17.0. The molecule has 7 rings (SSSR count). The van der Waals surface area contributed by atoms with Gasteiger partial charge in [-0.1, -0.05) is 100 Å². The lowest BCUT2D eigenvalue weighted by molar-refractivity contribution is -0.139. The molecule has 0 amide bonds. The van der Waals surface area contributed by atoms with Crippen LogP contribution >= 0.6 is 27.3 Å². The highest BCUT2D eigenvalue weighted by Gasteiger charge is 2.33. The van der Waals surface area contributed by atoms with Crippen molar-refractivity contribution in [1.29, 1.82) is 0 Å². The first kappa shape index (κ1) is 31.5. The molecule has 3 heterocycles. The van der Waals surface area contributed by atoms with Crippen LogP contribution in [-0.4, -0.2) is 21.7 Å². The minimum atomic E-state index is -0.830. The minimum absolute atomic E-state index is 0.164. The maximum atomic E-state index is 14.4. The summed E-state index contributed by atoms with van der Waals surface area (Å²) in [5.74, 6) is -0.977. The van der Waals surface area contributed by atoms with Crippen LogP contribution in [0.4, 0.5) is 4.39 Å². The molecule has 0 radical (unpaired) electrons. The molecule has 6 aromatic rings. The fourth-order valence-corrected chi connectivity index (χ4v) is 7.41. The first-order chi connectivity index (χ1) is 23.3. The van der Waals surface area contributed by atoms with E-state index < -0.39 is 17.8 Å². The number of carbonyl (C=O) groups is 1. The van der Waals surface area contributed by atoms with Gasteiger partial charge in [-0.25, -0.2) is 14.2 Å². The molecule has 0 saturated carbocycles. The van der Waals surface area contributed by atoms with Crippen molar-refractivity contribution in [1.82, 2.24) is 9.13 Å². The maximum absolute atomic E-state index is 14.4. The maximum Gasteiger partial charge on any atom is 0.338 e. The van der Waals surface area contributed by atoms with Crippen LogP contribution in [0.25, 0.3) is 34.3 Å². The number of carbonyl (C=O) groups excluding carboxylic acids is 1. The van der Waals surface area contributed by atoms with Crippen molar-refractivity contribution in [2.45, 2.75) is 19.9 Å². The number of aromatic nitrogens is 2. The smallest absolute Gasteiger partial charge is 0.338 e. The lowest BCUT2D eigenvalue weighted by atomic mass is 9.96. The summed E-state index contributed by atoms with van der Waals surface area (Å²) in [5.41, 5.74) is 6.65. The molecule has 0 bridgehead atoms. The van der Waals surface area contributed by atoms with E-state index >= 15 is 0 Å². The third-order valence-electron chi connectivity index (χ3n) is 8.22. The van der Waals surface area contributed by atoms with Crippen LogP contribution in [0.3, 0.4) is 0 Å². The van der Waals surface area contributed by atoms with Gasteiger partial charge in [0.2, 0.25) is 0 Å². The number of esters is 1. The molecule has 0 unspecified atom stereocenters. The van der Waals surface area contributed by atoms with E-state index in [2.05, 4.69) is 63.0 Å². The van der Waals surface area contributed by atoms with Crippen molar-refractivity contribution in [2.75, 3.05) is 6.61 Å². The van der Waals surface area contributed by atoms with Crippen LogP contribution in [0, 0.1) is 5.82 Å². The molecule has 2 aromatic heterocycles. The standard InChI is InChI=1S/C39H29BrFN3O3S/c1-3-47-38(46)34-24(2)42-39-44(36(34)27-14-18-30(41)19-15-27)37(45)33(48-39)23-28-22-32(25-10-6-4-7-11-25)43(31-20-16-29(40)17-21-31)35(28)26-12-8-5-9-13-26/h4-23,36H,3H2,1-2H3/b33-23-/t36-/m1/s1. The molecule has 0 spiro atoms. The number of hydrogen-bond acceptors (Lipinski definition) is 5. The normalized spacial score (nSPS) is 14.5. The predicted octanol–water partition coefficient (Wildman–Crippen LogP) is 7.82. The Labute approximate surface area is 288 Å². The van der Waals surface area contributed by atoms with Crippen molar-refractivity contribution < 1.29 is 13.9 Å². The van der Waals surface area contributed by atoms with Crippen LogP contribution in [0.2, 0.25) is 0 Å². The molecular formula is C39H29BrFN3O3S. The van der Waals surface area contributed by atoms with Gasteiger partial charge in [0.15, 0.2) is 4.80 Å². The number of rotatable bonds is 7. The minimum Gasteiger partial charge on any atom is -0.463 e. The summed E-state index contributed by atoms with van der Waals surface area (Å²) in [5, 5.41) is 0. The van der Waals surface area contributed by atoms with Crippen LogP contribution in [0.15, 0.2) is 141 Å². The third-order valence-corrected chi connectivity index (χ3v) is 9.73. The number of allylic oxidation sites excluding steroid dienone is 1. The van der Waals surface area contributed by atoms with Crippen molar-refractivity contribution in [2.24, 2.45) is 4.99 Å². The average Bonchev–Trinajstić information content (AvgIpc) is 3.62. The van der Waals surface area contributed by atoms with E-state index in [1.807, 2.05) is 54.6 Å². The molecule has 1 atom stereocenters. The molecule has 1 aliphatic heterocycles. The van der Waals surface area contributed by atoms with Crippen LogP contribution < -0.4 is 14.9 Å². The lowest BCUT2D eigenvalue weighted by Gasteiger charge is -2.24. The van der Waals surface area contributed by atoms with Gasteiger partial charge in [-0.2, -0.15) is 0 Å². The van der Waals surface area contributed by atoms with Crippen molar-refractivity contribution in [3.63, 3.8) is 0 Å². The molecule has 1 aliphatic rings. The molecule has 0 fully saturated rings. The summed E-state index contributed by atoms with van der Waals surface area (Å²) in [7, 11) is 0. The zero-order chi connectivity index (χ0) is 33.4. The van der Waals surface area contributed by atoms with Crippen molar-refractivity contribution in [3.05, 3.63) is 168 Å². The van der Waals surface area contributed by atoms with Gasteiger partial charge in [0, 0.05) is 15.7 Å². The van der Waals surface area contributed by atoms with E-state index in [1.54, 1.807) is 26.0 Å². The summed E-state index contributed by atoms with van der Waals surface area (Å²) >= 11 is 4.82. The zero-order valence-electron chi connectivity index (χ0n) is 26.1. The number of hydrogen-bond donors (Lipinski definition) is 0. The second-order valence-electron chi connectivity index (χ2n) is 11.2. The quantitative estimate of drug-likeness (QED) is 0.158. The third kappa shape index (κ3) is 5.80. The van der Waals surface area contributed by atoms with Crippen LogP contribution in [-0.2, 0) is 9.53 Å². The molecule has 0 N–H and O–H groups in total. The zero-order valence-corrected chi connectivity index (χ0v) is 28.5. The Morgan fingerprint density at radius 2 is 1.58 bits per heavy atom. The molecule has 6 nitrogen and oxygen atoms in total. The largest absolute Gasteiger partial charge is 0.463 e. The van der Waals surface area contributed by atoms with Gasteiger partial charge in [0.25, 0.3) is 5.56 Å². The fraction of sp³-hybridized carbons (Fsp3) is 0.103. The first-order valence-electron chi connectivity index (χ1n) is 15.4. The van der Waals surface area contributed by atoms with Gasteiger partial charge >= 0.3 is 5.97 Å². The number of nitrogens with zero attached hydrogens (tertiary/aromatic N) is 3. The van der Waals surface area contributed by atoms with Crippen molar-refractivity contribution >= 4 is 39.3 Å². The van der Waals surface area contributed by atoms with Gasteiger partial charge < -0.3 is 9.30 Å².